The Balaban J connectivity index is 1.96. The molecule has 0 radical (unpaired) electrons. The number of alkyl carbamates (subject to hydrolysis) is 1. The van der Waals surface area contributed by atoms with E-state index in [1.807, 2.05) is 38.1 Å². The molecule has 0 aliphatic heterocycles. The van der Waals surface area contributed by atoms with E-state index in [1.54, 1.807) is 51.9 Å². The van der Waals surface area contributed by atoms with Crippen LogP contribution in [0.5, 0.6) is 0 Å². The minimum Gasteiger partial charge on any atom is -0.444 e. The number of hydrogen-bond acceptors (Lipinski definition) is 5. The first-order chi connectivity index (χ1) is 15.4. The molecular weight excluding hydrogens is 416 g/mol. The van der Waals surface area contributed by atoms with Gasteiger partial charge in [-0.15, -0.1) is 0 Å². The van der Waals surface area contributed by atoms with Gasteiger partial charge in [0.05, 0.1) is 6.54 Å². The standard InChI is InChI=1S/C26H32N4O3/c1-17-16-22(24(31)30(6)7)18(2)15-20(17)9-8-14-28-21-12-10-19(11-13-21)23(27)29-25(32)33-26(3,4)5/h10-13,15-16,28H,14H2,1-7H3,(H2,27,29,32). The Bertz CT molecular complexity index is 1100. The van der Waals surface area contributed by atoms with Crippen molar-refractivity contribution < 1.29 is 14.3 Å². The summed E-state index contributed by atoms with van der Waals surface area (Å²) in [5.41, 5.74) is 4.22. The van der Waals surface area contributed by atoms with Crippen LogP contribution in [0.15, 0.2) is 36.4 Å². The van der Waals surface area contributed by atoms with Crippen molar-refractivity contribution in [2.45, 2.75) is 40.2 Å². The first kappa shape index (κ1) is 25.5. The zero-order chi connectivity index (χ0) is 24.8. The van der Waals surface area contributed by atoms with E-state index in [9.17, 15) is 9.59 Å². The highest BCUT2D eigenvalue weighted by atomic mass is 16.6. The summed E-state index contributed by atoms with van der Waals surface area (Å²) in [6.07, 6.45) is -0.658. The Morgan fingerprint density at radius 1 is 1.06 bits per heavy atom. The average Bonchev–Trinajstić information content (AvgIpc) is 2.71. The van der Waals surface area contributed by atoms with Crippen LogP contribution in [-0.4, -0.2) is 49.0 Å². The number of carbonyl (C=O) groups excluding carboxylic acids is 2. The first-order valence-corrected chi connectivity index (χ1v) is 10.6. The minimum atomic E-state index is -0.658. The number of amidine groups is 1. The van der Waals surface area contributed by atoms with Crippen LogP contribution >= 0.6 is 0 Å². The summed E-state index contributed by atoms with van der Waals surface area (Å²) in [4.78, 5) is 25.6. The zero-order valence-corrected chi connectivity index (χ0v) is 20.3. The molecule has 0 bridgehead atoms. The number of benzene rings is 2. The number of amides is 2. The molecule has 0 atom stereocenters. The number of ether oxygens (including phenoxy) is 1. The molecule has 7 heteroatoms. The Kier molecular flexibility index (Phi) is 8.25. The second kappa shape index (κ2) is 10.7. The molecule has 2 aromatic rings. The van der Waals surface area contributed by atoms with E-state index in [1.165, 1.54) is 0 Å². The van der Waals surface area contributed by atoms with E-state index in [-0.39, 0.29) is 11.7 Å². The van der Waals surface area contributed by atoms with E-state index in [0.29, 0.717) is 17.7 Å². The van der Waals surface area contributed by atoms with Crippen molar-refractivity contribution in [3.8, 4) is 11.8 Å². The third-order valence-electron chi connectivity index (χ3n) is 4.61. The Labute approximate surface area is 196 Å². The van der Waals surface area contributed by atoms with Gasteiger partial charge in [-0.25, -0.2) is 4.79 Å². The highest BCUT2D eigenvalue weighted by Gasteiger charge is 2.17. The van der Waals surface area contributed by atoms with Crippen LogP contribution < -0.4 is 10.6 Å². The number of nitrogens with one attached hydrogen (secondary N) is 3. The van der Waals surface area contributed by atoms with Crippen molar-refractivity contribution in [3.05, 3.63) is 64.2 Å². The van der Waals surface area contributed by atoms with Crippen molar-refractivity contribution in [2.75, 3.05) is 26.0 Å². The molecule has 0 saturated heterocycles. The summed E-state index contributed by atoms with van der Waals surface area (Å²) in [5, 5.41) is 13.7. The maximum Gasteiger partial charge on any atom is 0.413 e. The quantitative estimate of drug-likeness (QED) is 0.369. The van der Waals surface area contributed by atoms with Gasteiger partial charge in [-0.3, -0.25) is 15.5 Å². The molecule has 7 nitrogen and oxygen atoms in total. The maximum atomic E-state index is 12.3. The van der Waals surface area contributed by atoms with Gasteiger partial charge in [0.1, 0.15) is 11.4 Å². The summed E-state index contributed by atoms with van der Waals surface area (Å²) in [7, 11) is 3.48. The number of aryl methyl sites for hydroxylation is 2. The van der Waals surface area contributed by atoms with Gasteiger partial charge in [-0.1, -0.05) is 11.8 Å². The Hall–Kier alpha value is -3.79. The fourth-order valence-corrected chi connectivity index (χ4v) is 2.94. The lowest BCUT2D eigenvalue weighted by Crippen LogP contribution is -2.36. The van der Waals surface area contributed by atoms with Crippen LogP contribution in [0.1, 0.15) is 53.4 Å². The van der Waals surface area contributed by atoms with Gasteiger partial charge in [0.15, 0.2) is 0 Å². The number of anilines is 1. The molecule has 2 rings (SSSR count). The fraction of sp³-hybridized carbons (Fsp3) is 0.346. The second-order valence-corrected chi connectivity index (χ2v) is 8.92. The summed E-state index contributed by atoms with van der Waals surface area (Å²) in [6, 6.07) is 10.9. The molecule has 0 unspecified atom stereocenters. The third-order valence-corrected chi connectivity index (χ3v) is 4.61. The van der Waals surface area contributed by atoms with Gasteiger partial charge >= 0.3 is 6.09 Å². The van der Waals surface area contributed by atoms with E-state index in [0.717, 1.165) is 22.4 Å². The maximum absolute atomic E-state index is 12.3. The lowest BCUT2D eigenvalue weighted by molar-refractivity contribution is 0.0562. The van der Waals surface area contributed by atoms with Crippen LogP contribution in [0.25, 0.3) is 0 Å². The molecule has 2 amide bonds. The smallest absolute Gasteiger partial charge is 0.413 e. The van der Waals surface area contributed by atoms with E-state index < -0.39 is 11.7 Å². The van der Waals surface area contributed by atoms with E-state index >= 15 is 0 Å². The fourth-order valence-electron chi connectivity index (χ4n) is 2.94. The van der Waals surface area contributed by atoms with Crippen molar-refractivity contribution in [1.82, 2.24) is 10.2 Å². The van der Waals surface area contributed by atoms with Gasteiger partial charge in [-0.05, 0) is 82.1 Å². The SMILES string of the molecule is Cc1cc(C(=O)N(C)C)c(C)cc1C#CCNc1ccc(C(=N)NC(=O)OC(C)(C)C)cc1. The van der Waals surface area contributed by atoms with Crippen molar-refractivity contribution >= 4 is 23.5 Å². The number of carbonyl (C=O) groups is 2. The molecule has 0 fully saturated rings. The molecule has 3 N–H and O–H groups in total. The van der Waals surface area contributed by atoms with Gasteiger partial charge in [-0.2, -0.15) is 0 Å². The highest BCUT2D eigenvalue weighted by molar-refractivity contribution is 6.04. The van der Waals surface area contributed by atoms with Gasteiger partial charge < -0.3 is 15.0 Å². The molecule has 2 aromatic carbocycles. The summed E-state index contributed by atoms with van der Waals surface area (Å²) < 4.78 is 5.16. The van der Waals surface area contributed by atoms with E-state index in [2.05, 4.69) is 22.5 Å². The summed E-state index contributed by atoms with van der Waals surface area (Å²) >= 11 is 0. The monoisotopic (exact) mass is 448 g/mol. The largest absolute Gasteiger partial charge is 0.444 e. The molecule has 0 aliphatic rings. The molecule has 0 aliphatic carbocycles. The van der Waals surface area contributed by atoms with Crippen LogP contribution in [0, 0.1) is 31.1 Å². The van der Waals surface area contributed by atoms with Crippen LogP contribution in [-0.2, 0) is 4.74 Å². The molecule has 174 valence electrons. The highest BCUT2D eigenvalue weighted by Crippen LogP contribution is 2.17. The number of rotatable bonds is 4. The lowest BCUT2D eigenvalue weighted by atomic mass is 9.99. The predicted molar refractivity (Wildman–Crippen MR) is 132 cm³/mol. The normalized spacial score (nSPS) is 10.5. The van der Waals surface area contributed by atoms with Gasteiger partial charge in [0.25, 0.3) is 5.91 Å². The molecule has 0 saturated carbocycles. The predicted octanol–water partition coefficient (Wildman–Crippen LogP) is 4.32. The molecule has 0 heterocycles. The van der Waals surface area contributed by atoms with Crippen molar-refractivity contribution in [1.29, 1.82) is 5.41 Å². The van der Waals surface area contributed by atoms with Crippen LogP contribution in [0.2, 0.25) is 0 Å². The summed E-state index contributed by atoms with van der Waals surface area (Å²) in [6.45, 7) is 9.60. The second-order valence-electron chi connectivity index (χ2n) is 8.92. The van der Waals surface area contributed by atoms with Gasteiger partial charge in [0, 0.05) is 36.5 Å². The average molecular weight is 449 g/mol. The zero-order valence-electron chi connectivity index (χ0n) is 20.3. The first-order valence-electron chi connectivity index (χ1n) is 10.6. The van der Waals surface area contributed by atoms with Crippen molar-refractivity contribution in [3.63, 3.8) is 0 Å². The van der Waals surface area contributed by atoms with Gasteiger partial charge in [0.2, 0.25) is 0 Å². The Morgan fingerprint density at radius 3 is 2.27 bits per heavy atom. The minimum absolute atomic E-state index is 0.0189. The number of nitrogens with zero attached hydrogens (tertiary/aromatic N) is 1. The number of hydrogen-bond donors (Lipinski definition) is 3. The topological polar surface area (TPSA) is 94.5 Å². The third kappa shape index (κ3) is 7.69. The van der Waals surface area contributed by atoms with Crippen LogP contribution in [0.4, 0.5) is 10.5 Å². The van der Waals surface area contributed by atoms with Crippen LogP contribution in [0.3, 0.4) is 0 Å². The lowest BCUT2D eigenvalue weighted by Gasteiger charge is -2.19. The van der Waals surface area contributed by atoms with Crippen molar-refractivity contribution in [2.24, 2.45) is 0 Å². The Morgan fingerprint density at radius 2 is 1.70 bits per heavy atom. The molecule has 33 heavy (non-hydrogen) atoms. The molecule has 0 spiro atoms. The van der Waals surface area contributed by atoms with E-state index in [4.69, 9.17) is 10.1 Å². The summed E-state index contributed by atoms with van der Waals surface area (Å²) in [5.74, 6) is 6.21. The molecular formula is C26H32N4O3. The molecule has 0 aromatic heterocycles.